The molecule has 0 bridgehead atoms. The Labute approximate surface area is 188 Å². The molecule has 1 rings (SSSR count). The number of benzene rings is 1. The van der Waals surface area contributed by atoms with Crippen LogP contribution < -0.4 is 15.0 Å². The van der Waals surface area contributed by atoms with E-state index in [-0.39, 0.29) is 6.42 Å². The average molecular weight is 463 g/mol. The highest BCUT2D eigenvalue weighted by Crippen LogP contribution is 2.27. The average Bonchev–Trinajstić information content (AvgIpc) is 2.66. The number of anilines is 1. The van der Waals surface area contributed by atoms with E-state index in [0.717, 1.165) is 11.3 Å². The van der Waals surface area contributed by atoms with Crippen LogP contribution in [0, 0.1) is 0 Å². The van der Waals surface area contributed by atoms with Crippen molar-refractivity contribution in [2.75, 3.05) is 44.0 Å². The van der Waals surface area contributed by atoms with E-state index in [2.05, 4.69) is 10.2 Å². The fraction of sp³-hybridized carbons (Fsp3) is 0.619. The van der Waals surface area contributed by atoms with Gasteiger partial charge in [-0.2, -0.15) is 0 Å². The van der Waals surface area contributed by atoms with Gasteiger partial charge in [0.2, 0.25) is 0 Å². The van der Waals surface area contributed by atoms with E-state index >= 15 is 0 Å². The monoisotopic (exact) mass is 462 g/mol. The van der Waals surface area contributed by atoms with E-state index in [0.29, 0.717) is 37.0 Å². The molecule has 0 spiro atoms. The van der Waals surface area contributed by atoms with Crippen molar-refractivity contribution < 1.29 is 23.8 Å². The standard InChI is InChI=1S/C21H32Cl2N2O5/c1-21(2,3)30-20(27)24-16(14-19(26)29-5)12-15-13-17(6-7-18(15)28-4)25(10-8-22)11-9-23/h6-7,13,16H,8-12,14H2,1-5H3,(H,24,27)/t16-/m0/s1. The smallest absolute Gasteiger partial charge is 0.407 e. The first-order chi connectivity index (χ1) is 14.1. The maximum absolute atomic E-state index is 12.3. The van der Waals surface area contributed by atoms with Gasteiger partial charge in [0.1, 0.15) is 11.4 Å². The second-order valence-electron chi connectivity index (χ2n) is 7.69. The maximum atomic E-state index is 12.3. The zero-order valence-corrected chi connectivity index (χ0v) is 19.8. The topological polar surface area (TPSA) is 77.1 Å². The van der Waals surface area contributed by atoms with E-state index in [1.54, 1.807) is 27.9 Å². The van der Waals surface area contributed by atoms with Gasteiger partial charge < -0.3 is 24.4 Å². The molecule has 0 saturated heterocycles. The first-order valence-corrected chi connectivity index (χ1v) is 10.8. The lowest BCUT2D eigenvalue weighted by Crippen LogP contribution is -2.41. The summed E-state index contributed by atoms with van der Waals surface area (Å²) < 4.78 is 15.6. The second kappa shape index (κ2) is 12.7. The number of carbonyl (C=O) groups excluding carboxylic acids is 2. The highest BCUT2D eigenvalue weighted by Gasteiger charge is 2.23. The van der Waals surface area contributed by atoms with Gasteiger partial charge in [-0.15, -0.1) is 23.2 Å². The Bertz CT molecular complexity index is 688. The van der Waals surface area contributed by atoms with Gasteiger partial charge >= 0.3 is 12.1 Å². The van der Waals surface area contributed by atoms with Gasteiger partial charge in [-0.3, -0.25) is 4.79 Å². The largest absolute Gasteiger partial charge is 0.496 e. The molecular weight excluding hydrogens is 431 g/mol. The Balaban J connectivity index is 3.13. The van der Waals surface area contributed by atoms with Gasteiger partial charge in [0.15, 0.2) is 0 Å². The highest BCUT2D eigenvalue weighted by molar-refractivity contribution is 6.18. The van der Waals surface area contributed by atoms with Crippen LogP contribution in [0.1, 0.15) is 32.8 Å². The summed E-state index contributed by atoms with van der Waals surface area (Å²) in [4.78, 5) is 26.2. The van der Waals surface area contributed by atoms with Crippen molar-refractivity contribution in [3.63, 3.8) is 0 Å². The molecule has 1 N–H and O–H groups in total. The number of halogens is 2. The number of nitrogens with one attached hydrogen (secondary N) is 1. The molecule has 0 saturated carbocycles. The van der Waals surface area contributed by atoms with E-state index in [4.69, 9.17) is 37.4 Å². The normalized spacial score (nSPS) is 12.1. The molecule has 30 heavy (non-hydrogen) atoms. The van der Waals surface area contributed by atoms with Crippen molar-refractivity contribution in [2.45, 2.75) is 45.3 Å². The highest BCUT2D eigenvalue weighted by atomic mass is 35.5. The van der Waals surface area contributed by atoms with Crippen LogP contribution >= 0.6 is 23.2 Å². The van der Waals surface area contributed by atoms with Crippen LogP contribution in [0.5, 0.6) is 5.75 Å². The van der Waals surface area contributed by atoms with Gasteiger partial charge in [0.05, 0.1) is 20.6 Å². The zero-order valence-electron chi connectivity index (χ0n) is 18.3. The number of ether oxygens (including phenoxy) is 3. The Morgan fingerprint density at radius 3 is 2.27 bits per heavy atom. The van der Waals surface area contributed by atoms with Gasteiger partial charge in [-0.1, -0.05) is 0 Å². The molecule has 0 unspecified atom stereocenters. The molecule has 1 aromatic carbocycles. The molecule has 170 valence electrons. The summed E-state index contributed by atoms with van der Waals surface area (Å²) in [6.45, 7) is 6.60. The van der Waals surface area contributed by atoms with Crippen LogP contribution in [-0.4, -0.2) is 62.8 Å². The lowest BCUT2D eigenvalue weighted by Gasteiger charge is -2.26. The van der Waals surface area contributed by atoms with E-state index < -0.39 is 23.7 Å². The number of esters is 1. The summed E-state index contributed by atoms with van der Waals surface area (Å²) >= 11 is 11.9. The third-order valence-electron chi connectivity index (χ3n) is 4.17. The SMILES string of the molecule is COC(=O)C[C@H](Cc1cc(N(CCCl)CCCl)ccc1OC)NC(=O)OC(C)(C)C. The summed E-state index contributed by atoms with van der Waals surface area (Å²) in [5, 5.41) is 2.76. The van der Waals surface area contributed by atoms with E-state index in [1.165, 1.54) is 7.11 Å². The first-order valence-electron chi connectivity index (χ1n) is 9.73. The number of amides is 1. The number of hydrogen-bond donors (Lipinski definition) is 1. The number of hydrogen-bond acceptors (Lipinski definition) is 6. The number of nitrogens with zero attached hydrogens (tertiary/aromatic N) is 1. The lowest BCUT2D eigenvalue weighted by atomic mass is 10.0. The Hall–Kier alpha value is -1.86. The summed E-state index contributed by atoms with van der Waals surface area (Å²) in [5.41, 5.74) is 1.11. The number of alkyl carbamates (subject to hydrolysis) is 1. The molecule has 0 aliphatic rings. The second-order valence-corrected chi connectivity index (χ2v) is 8.44. The first kappa shape index (κ1) is 26.2. The third kappa shape index (κ3) is 9.30. The number of methoxy groups -OCH3 is 2. The minimum absolute atomic E-state index is 0.00377. The molecule has 0 fully saturated rings. The van der Waals surface area contributed by atoms with Crippen molar-refractivity contribution >= 4 is 41.0 Å². The molecule has 1 atom stereocenters. The van der Waals surface area contributed by atoms with Crippen LogP contribution in [0.15, 0.2) is 18.2 Å². The van der Waals surface area contributed by atoms with Crippen LogP contribution in [0.2, 0.25) is 0 Å². The van der Waals surface area contributed by atoms with Gasteiger partial charge in [-0.05, 0) is 51.0 Å². The van der Waals surface area contributed by atoms with Gasteiger partial charge in [-0.25, -0.2) is 4.79 Å². The van der Waals surface area contributed by atoms with Gasteiger partial charge in [0.25, 0.3) is 0 Å². The lowest BCUT2D eigenvalue weighted by molar-refractivity contribution is -0.141. The van der Waals surface area contributed by atoms with Crippen LogP contribution in [0.4, 0.5) is 10.5 Å². The molecule has 0 heterocycles. The summed E-state index contributed by atoms with van der Waals surface area (Å²) in [6, 6.07) is 5.20. The molecule has 0 aliphatic carbocycles. The van der Waals surface area contributed by atoms with Crippen LogP contribution in [0.3, 0.4) is 0 Å². The predicted octanol–water partition coefficient (Wildman–Crippen LogP) is 3.98. The predicted molar refractivity (Wildman–Crippen MR) is 120 cm³/mol. The van der Waals surface area contributed by atoms with Crippen LogP contribution in [-0.2, 0) is 20.7 Å². The summed E-state index contributed by atoms with van der Waals surface area (Å²) in [6.07, 6.45) is -0.255. The third-order valence-corrected chi connectivity index (χ3v) is 4.50. The zero-order chi connectivity index (χ0) is 22.7. The Kier molecular flexibility index (Phi) is 11.1. The van der Waals surface area contributed by atoms with Crippen LogP contribution in [0.25, 0.3) is 0 Å². The molecule has 0 aliphatic heterocycles. The van der Waals surface area contributed by atoms with Crippen molar-refractivity contribution in [2.24, 2.45) is 0 Å². The molecule has 0 radical (unpaired) electrons. The molecule has 1 amide bonds. The Morgan fingerprint density at radius 1 is 1.13 bits per heavy atom. The fourth-order valence-electron chi connectivity index (χ4n) is 2.89. The number of alkyl halides is 2. The molecule has 9 heteroatoms. The maximum Gasteiger partial charge on any atom is 0.407 e. The van der Waals surface area contributed by atoms with Crippen molar-refractivity contribution in [1.29, 1.82) is 0 Å². The van der Waals surface area contributed by atoms with E-state index in [9.17, 15) is 9.59 Å². The van der Waals surface area contributed by atoms with Crippen molar-refractivity contribution in [3.8, 4) is 5.75 Å². The minimum atomic E-state index is -0.652. The van der Waals surface area contributed by atoms with Crippen molar-refractivity contribution in [3.05, 3.63) is 23.8 Å². The molecular formula is C21H32Cl2N2O5. The summed E-state index contributed by atoms with van der Waals surface area (Å²) in [5.74, 6) is 1.14. The number of carbonyl (C=O) groups is 2. The van der Waals surface area contributed by atoms with Crippen molar-refractivity contribution in [1.82, 2.24) is 5.32 Å². The molecule has 1 aromatic rings. The quantitative estimate of drug-likeness (QED) is 0.395. The molecule has 0 aromatic heterocycles. The summed E-state index contributed by atoms with van der Waals surface area (Å²) in [7, 11) is 2.88. The van der Waals surface area contributed by atoms with E-state index in [1.807, 2.05) is 18.2 Å². The molecule has 7 nitrogen and oxygen atoms in total. The minimum Gasteiger partial charge on any atom is -0.496 e. The Morgan fingerprint density at radius 2 is 1.77 bits per heavy atom. The fourth-order valence-corrected chi connectivity index (χ4v) is 3.30. The number of rotatable bonds is 11. The van der Waals surface area contributed by atoms with Gasteiger partial charge in [0, 0.05) is 36.6 Å².